The van der Waals surface area contributed by atoms with Gasteiger partial charge in [0.15, 0.2) is 0 Å². The van der Waals surface area contributed by atoms with Crippen LogP contribution in [0.4, 0.5) is 24.8 Å². The topological polar surface area (TPSA) is 55.6 Å². The molecule has 0 aliphatic carbocycles. The van der Waals surface area contributed by atoms with Crippen molar-refractivity contribution < 1.29 is 14.6 Å². The van der Waals surface area contributed by atoms with Crippen LogP contribution in [0.3, 0.4) is 0 Å². The minimum absolute atomic E-state index is 0. The summed E-state index contributed by atoms with van der Waals surface area (Å²) in [5.41, 5.74) is 2.02. The van der Waals surface area contributed by atoms with Gasteiger partial charge >= 0.3 is 6.18 Å². The second-order valence-electron chi connectivity index (χ2n) is 10.6. The zero-order valence-corrected chi connectivity index (χ0v) is 24.4. The van der Waals surface area contributed by atoms with Crippen molar-refractivity contribution in [2.24, 2.45) is 11.8 Å². The number of imidazole rings is 1. The normalized spacial score (nSPS) is 11.8. The lowest BCUT2D eigenvalue weighted by molar-refractivity contribution is -0.137. The molecule has 0 unspecified atom stereocenters. The quantitative estimate of drug-likeness (QED) is 0.297. The first kappa shape index (κ1) is 31.3. The molecule has 1 N–H and O–H groups in total. The molecular formula is C30H46F3N5. The number of halogens is 3. The molecule has 3 aromatic rings. The maximum atomic E-state index is 13.6. The lowest BCUT2D eigenvalue weighted by atomic mass is 9.88. The number of hydrogen-bond donors (Lipinski definition) is 1. The SMILES string of the molecule is CCCC(CCC)C(C)C.Cc1ccc(Nc2ncc(C(F)(F)F)c(-c3cnc(C)n3C(C)C)n2)c(C)c1.[HH]. The van der Waals surface area contributed by atoms with Gasteiger partial charge < -0.3 is 9.88 Å². The Kier molecular flexibility index (Phi) is 11.3. The van der Waals surface area contributed by atoms with Crippen LogP contribution in [0.2, 0.25) is 0 Å². The van der Waals surface area contributed by atoms with E-state index in [4.69, 9.17) is 0 Å². The molecule has 0 radical (unpaired) electrons. The van der Waals surface area contributed by atoms with Crippen molar-refractivity contribution in [2.45, 2.75) is 100 Å². The molecule has 0 bridgehead atoms. The van der Waals surface area contributed by atoms with E-state index >= 15 is 0 Å². The first-order valence-corrected chi connectivity index (χ1v) is 13.6. The fourth-order valence-electron chi connectivity index (χ4n) is 4.75. The molecule has 5 nitrogen and oxygen atoms in total. The van der Waals surface area contributed by atoms with Crippen molar-refractivity contribution in [3.8, 4) is 11.4 Å². The van der Waals surface area contributed by atoms with E-state index in [9.17, 15) is 13.2 Å². The molecule has 212 valence electrons. The number of nitrogens with zero attached hydrogens (tertiary/aromatic N) is 4. The van der Waals surface area contributed by atoms with Crippen LogP contribution in [0.5, 0.6) is 0 Å². The predicted octanol–water partition coefficient (Wildman–Crippen LogP) is 9.71. The summed E-state index contributed by atoms with van der Waals surface area (Å²) < 4.78 is 42.6. The van der Waals surface area contributed by atoms with Gasteiger partial charge in [0, 0.05) is 19.4 Å². The smallest absolute Gasteiger partial charge is 0.324 e. The zero-order chi connectivity index (χ0) is 28.6. The van der Waals surface area contributed by atoms with Crippen LogP contribution in [0.15, 0.2) is 30.6 Å². The molecule has 0 saturated heterocycles. The van der Waals surface area contributed by atoms with E-state index in [1.54, 1.807) is 11.5 Å². The highest BCUT2D eigenvalue weighted by atomic mass is 19.4. The van der Waals surface area contributed by atoms with Gasteiger partial charge in [-0.3, -0.25) is 0 Å². The van der Waals surface area contributed by atoms with E-state index < -0.39 is 11.7 Å². The summed E-state index contributed by atoms with van der Waals surface area (Å²) >= 11 is 0. The van der Waals surface area contributed by atoms with E-state index in [2.05, 4.69) is 48.0 Å². The van der Waals surface area contributed by atoms with Crippen LogP contribution in [0, 0.1) is 32.6 Å². The second-order valence-corrected chi connectivity index (χ2v) is 10.6. The molecule has 2 aromatic heterocycles. The highest BCUT2D eigenvalue weighted by Gasteiger charge is 2.36. The van der Waals surface area contributed by atoms with E-state index in [-0.39, 0.29) is 19.1 Å². The van der Waals surface area contributed by atoms with Gasteiger partial charge in [-0.05, 0) is 58.1 Å². The van der Waals surface area contributed by atoms with Crippen molar-refractivity contribution in [3.63, 3.8) is 0 Å². The molecule has 0 saturated carbocycles. The summed E-state index contributed by atoms with van der Waals surface area (Å²) in [4.78, 5) is 12.3. The average Bonchev–Trinajstić information content (AvgIpc) is 3.22. The van der Waals surface area contributed by atoms with Gasteiger partial charge in [0.2, 0.25) is 5.95 Å². The summed E-state index contributed by atoms with van der Waals surface area (Å²) in [5.74, 6) is 2.60. The summed E-state index contributed by atoms with van der Waals surface area (Å²) in [5, 5.41) is 3.02. The third kappa shape index (κ3) is 8.30. The molecule has 0 aliphatic rings. The Morgan fingerprint density at radius 2 is 1.58 bits per heavy atom. The lowest BCUT2D eigenvalue weighted by Gasteiger charge is -2.18. The van der Waals surface area contributed by atoms with Gasteiger partial charge in [-0.2, -0.15) is 13.2 Å². The van der Waals surface area contributed by atoms with E-state index in [0.29, 0.717) is 11.5 Å². The molecule has 0 amide bonds. The lowest BCUT2D eigenvalue weighted by Crippen LogP contribution is -2.14. The molecule has 2 heterocycles. The number of rotatable bonds is 9. The number of aromatic nitrogens is 4. The number of anilines is 2. The molecule has 0 spiro atoms. The third-order valence-electron chi connectivity index (χ3n) is 6.73. The van der Waals surface area contributed by atoms with Gasteiger partial charge in [0.05, 0.1) is 11.9 Å². The van der Waals surface area contributed by atoms with Crippen LogP contribution in [-0.2, 0) is 6.18 Å². The number of hydrogen-bond acceptors (Lipinski definition) is 4. The molecule has 38 heavy (non-hydrogen) atoms. The van der Waals surface area contributed by atoms with E-state index in [0.717, 1.165) is 34.8 Å². The third-order valence-corrected chi connectivity index (χ3v) is 6.73. The second kappa shape index (κ2) is 13.8. The molecule has 1 aromatic carbocycles. The van der Waals surface area contributed by atoms with E-state index in [1.165, 1.54) is 31.9 Å². The highest BCUT2D eigenvalue weighted by molar-refractivity contribution is 5.65. The molecule has 0 fully saturated rings. The van der Waals surface area contributed by atoms with Crippen LogP contribution in [0.25, 0.3) is 11.4 Å². The molecular weight excluding hydrogens is 487 g/mol. The van der Waals surface area contributed by atoms with Crippen LogP contribution >= 0.6 is 0 Å². The van der Waals surface area contributed by atoms with Crippen molar-refractivity contribution in [1.82, 2.24) is 19.5 Å². The maximum Gasteiger partial charge on any atom is 0.420 e. The molecule has 8 heteroatoms. The monoisotopic (exact) mass is 533 g/mol. The Labute approximate surface area is 227 Å². The Bertz CT molecular complexity index is 1170. The van der Waals surface area contributed by atoms with E-state index in [1.807, 2.05) is 45.9 Å². The van der Waals surface area contributed by atoms with Gasteiger partial charge in [-0.25, -0.2) is 15.0 Å². The van der Waals surface area contributed by atoms with Crippen molar-refractivity contribution >= 4 is 11.6 Å². The van der Waals surface area contributed by atoms with Crippen LogP contribution < -0.4 is 5.32 Å². The highest BCUT2D eigenvalue weighted by Crippen LogP contribution is 2.37. The van der Waals surface area contributed by atoms with Crippen molar-refractivity contribution in [1.29, 1.82) is 0 Å². The number of nitrogens with one attached hydrogen (secondary N) is 1. The Morgan fingerprint density at radius 1 is 0.947 bits per heavy atom. The minimum Gasteiger partial charge on any atom is -0.324 e. The van der Waals surface area contributed by atoms with Crippen LogP contribution in [-0.4, -0.2) is 19.5 Å². The summed E-state index contributed by atoms with van der Waals surface area (Å²) in [6.07, 6.45) is 3.21. The number of benzene rings is 1. The summed E-state index contributed by atoms with van der Waals surface area (Å²) in [6, 6.07) is 5.68. The largest absolute Gasteiger partial charge is 0.420 e. The first-order valence-electron chi connectivity index (χ1n) is 13.6. The Hall–Kier alpha value is -2.90. The predicted molar refractivity (Wildman–Crippen MR) is 153 cm³/mol. The van der Waals surface area contributed by atoms with Crippen molar-refractivity contribution in [3.05, 3.63) is 53.1 Å². The Balaban J connectivity index is 0.000000592. The van der Waals surface area contributed by atoms with Gasteiger partial charge in [0.25, 0.3) is 0 Å². The molecule has 0 atom stereocenters. The standard InChI is InChI=1S/C20H22F3N5.C10H22.H2/c1-11(2)28-14(5)24-10-17(28)18-15(20(21,22)23)9-25-19(27-18)26-16-7-6-12(3)8-13(16)4;1-5-7-10(8-6-2)9(3)4;/h6-11H,1-5H3,(H,25,26,27);9-10H,5-8H2,1-4H3;1H. The molecule has 3 rings (SSSR count). The molecule has 0 aliphatic heterocycles. The van der Waals surface area contributed by atoms with Gasteiger partial charge in [-0.15, -0.1) is 0 Å². The summed E-state index contributed by atoms with van der Waals surface area (Å²) in [7, 11) is 0. The number of alkyl halides is 3. The Morgan fingerprint density at radius 3 is 2.08 bits per heavy atom. The zero-order valence-electron chi connectivity index (χ0n) is 24.4. The van der Waals surface area contributed by atoms with Gasteiger partial charge in [0.1, 0.15) is 17.1 Å². The summed E-state index contributed by atoms with van der Waals surface area (Å²) in [6.45, 7) is 18.7. The fourth-order valence-corrected chi connectivity index (χ4v) is 4.75. The van der Waals surface area contributed by atoms with Crippen LogP contribution in [0.1, 0.15) is 97.2 Å². The minimum atomic E-state index is -4.58. The van der Waals surface area contributed by atoms with Gasteiger partial charge in [-0.1, -0.05) is 71.1 Å². The van der Waals surface area contributed by atoms with Crippen molar-refractivity contribution in [2.75, 3.05) is 5.32 Å². The first-order chi connectivity index (χ1) is 17.8. The fraction of sp³-hybridized carbons (Fsp3) is 0.567. The average molecular weight is 534 g/mol. The number of aryl methyl sites for hydroxylation is 3. The maximum absolute atomic E-state index is 13.6.